The van der Waals surface area contributed by atoms with Crippen molar-refractivity contribution in [1.82, 2.24) is 0 Å². The van der Waals surface area contributed by atoms with Crippen molar-refractivity contribution in [1.29, 1.82) is 0 Å². The number of rotatable bonds is 3. The molecule has 6 heteroatoms. The van der Waals surface area contributed by atoms with Crippen LogP contribution in [0.4, 0.5) is 17.6 Å². The molecule has 20 heavy (non-hydrogen) atoms. The first-order valence-corrected chi connectivity index (χ1v) is 5.75. The molecule has 0 heterocycles. The number of para-hydroxylation sites is 1. The summed E-state index contributed by atoms with van der Waals surface area (Å²) in [6.07, 6.45) is -4.84. The number of ether oxygens (including phenoxy) is 1. The summed E-state index contributed by atoms with van der Waals surface area (Å²) in [5, 5.41) is 0. The highest BCUT2D eigenvalue weighted by Crippen LogP contribution is 2.35. The van der Waals surface area contributed by atoms with Gasteiger partial charge in [0.15, 0.2) is 0 Å². The minimum atomic E-state index is -4.84. The minimum absolute atomic E-state index is 0.0211. The molecule has 0 aliphatic rings. The van der Waals surface area contributed by atoms with E-state index in [1.54, 1.807) is 0 Å². The summed E-state index contributed by atoms with van der Waals surface area (Å²) in [6, 6.07) is 9.78. The maximum absolute atomic E-state index is 14.2. The first kappa shape index (κ1) is 14.3. The second-order valence-corrected chi connectivity index (χ2v) is 4.03. The van der Waals surface area contributed by atoms with Gasteiger partial charge in [0.1, 0.15) is 11.6 Å². The third-order valence-electron chi connectivity index (χ3n) is 2.70. The van der Waals surface area contributed by atoms with Gasteiger partial charge < -0.3 is 10.5 Å². The van der Waals surface area contributed by atoms with Crippen molar-refractivity contribution in [3.05, 3.63) is 53.8 Å². The van der Waals surface area contributed by atoms with Crippen LogP contribution in [0.2, 0.25) is 0 Å². The van der Waals surface area contributed by atoms with Gasteiger partial charge in [0.05, 0.1) is 0 Å². The van der Waals surface area contributed by atoms with Crippen LogP contribution in [0, 0.1) is 5.82 Å². The Labute approximate surface area is 112 Å². The summed E-state index contributed by atoms with van der Waals surface area (Å²) >= 11 is 0. The lowest BCUT2D eigenvalue weighted by Crippen LogP contribution is -2.17. The highest BCUT2D eigenvalue weighted by Gasteiger charge is 2.32. The first-order valence-electron chi connectivity index (χ1n) is 5.75. The maximum Gasteiger partial charge on any atom is 0.573 e. The van der Waals surface area contributed by atoms with E-state index in [2.05, 4.69) is 4.74 Å². The van der Waals surface area contributed by atoms with Gasteiger partial charge in [-0.2, -0.15) is 0 Å². The molecule has 0 amide bonds. The Kier molecular flexibility index (Phi) is 3.94. The van der Waals surface area contributed by atoms with Gasteiger partial charge in [0, 0.05) is 23.2 Å². The Morgan fingerprint density at radius 2 is 1.60 bits per heavy atom. The highest BCUT2D eigenvalue weighted by atomic mass is 19.4. The van der Waals surface area contributed by atoms with Gasteiger partial charge in [-0.15, -0.1) is 13.2 Å². The predicted molar refractivity (Wildman–Crippen MR) is 66.4 cm³/mol. The molecule has 0 spiro atoms. The average Bonchev–Trinajstić information content (AvgIpc) is 2.38. The van der Waals surface area contributed by atoms with E-state index in [-0.39, 0.29) is 23.2 Å². The Hall–Kier alpha value is -2.08. The minimum Gasteiger partial charge on any atom is -0.405 e. The SMILES string of the molecule is NCc1cccc(-c2ccccc2OC(F)(F)F)c1F. The van der Waals surface area contributed by atoms with E-state index in [0.717, 1.165) is 6.07 Å². The molecule has 0 aliphatic heterocycles. The standard InChI is InChI=1S/C14H11F4NO/c15-13-9(8-19)4-3-6-11(13)10-5-1-2-7-12(10)20-14(16,17)18/h1-7H,8,19H2. The van der Waals surface area contributed by atoms with Crippen LogP contribution in [0.25, 0.3) is 11.1 Å². The molecular formula is C14H11F4NO. The number of nitrogens with two attached hydrogens (primary N) is 1. The zero-order valence-electron chi connectivity index (χ0n) is 10.2. The van der Waals surface area contributed by atoms with Gasteiger partial charge in [-0.05, 0) is 6.07 Å². The zero-order chi connectivity index (χ0) is 14.8. The topological polar surface area (TPSA) is 35.2 Å². The molecule has 2 N–H and O–H groups in total. The first-order chi connectivity index (χ1) is 9.42. The van der Waals surface area contributed by atoms with Crippen LogP contribution in [-0.4, -0.2) is 6.36 Å². The molecule has 0 radical (unpaired) electrons. The number of benzene rings is 2. The van der Waals surface area contributed by atoms with E-state index in [1.807, 2.05) is 0 Å². The Balaban J connectivity index is 2.53. The summed E-state index contributed by atoms with van der Waals surface area (Å²) in [6.45, 7) is -0.0397. The molecule has 0 atom stereocenters. The van der Waals surface area contributed by atoms with E-state index in [1.165, 1.54) is 36.4 Å². The number of halogens is 4. The molecule has 2 aromatic carbocycles. The lowest BCUT2D eigenvalue weighted by atomic mass is 10.0. The molecule has 2 rings (SSSR count). The molecule has 2 nitrogen and oxygen atoms in total. The van der Waals surface area contributed by atoms with E-state index >= 15 is 0 Å². The van der Waals surface area contributed by atoms with Crippen molar-refractivity contribution >= 4 is 0 Å². The van der Waals surface area contributed by atoms with Crippen molar-refractivity contribution in [3.8, 4) is 16.9 Å². The van der Waals surface area contributed by atoms with Crippen LogP contribution in [-0.2, 0) is 6.54 Å². The van der Waals surface area contributed by atoms with Gasteiger partial charge in [-0.3, -0.25) is 0 Å². The van der Waals surface area contributed by atoms with Gasteiger partial charge >= 0.3 is 6.36 Å². The number of alkyl halides is 3. The molecule has 2 aromatic rings. The van der Waals surface area contributed by atoms with E-state index in [0.29, 0.717) is 0 Å². The molecule has 0 saturated carbocycles. The lowest BCUT2D eigenvalue weighted by Gasteiger charge is -2.14. The molecule has 0 bridgehead atoms. The van der Waals surface area contributed by atoms with Crippen molar-refractivity contribution in [2.24, 2.45) is 5.73 Å². The van der Waals surface area contributed by atoms with Crippen LogP contribution in [0.15, 0.2) is 42.5 Å². The largest absolute Gasteiger partial charge is 0.573 e. The molecule has 0 fully saturated rings. The molecule has 0 aromatic heterocycles. The van der Waals surface area contributed by atoms with Crippen molar-refractivity contribution in [2.45, 2.75) is 12.9 Å². The van der Waals surface area contributed by atoms with Crippen LogP contribution in [0.1, 0.15) is 5.56 Å². The zero-order valence-corrected chi connectivity index (χ0v) is 10.2. The fourth-order valence-electron chi connectivity index (χ4n) is 1.85. The fraction of sp³-hybridized carbons (Fsp3) is 0.143. The Morgan fingerprint density at radius 1 is 0.950 bits per heavy atom. The Morgan fingerprint density at radius 3 is 2.25 bits per heavy atom. The lowest BCUT2D eigenvalue weighted by molar-refractivity contribution is -0.274. The number of hydrogen-bond donors (Lipinski definition) is 1. The van der Waals surface area contributed by atoms with Crippen LogP contribution in [0.3, 0.4) is 0 Å². The molecule has 0 saturated heterocycles. The predicted octanol–water partition coefficient (Wildman–Crippen LogP) is 3.85. The second kappa shape index (κ2) is 5.50. The third kappa shape index (κ3) is 3.08. The van der Waals surface area contributed by atoms with E-state index < -0.39 is 17.9 Å². The summed E-state index contributed by atoms with van der Waals surface area (Å²) in [4.78, 5) is 0. The summed E-state index contributed by atoms with van der Waals surface area (Å²) in [5.41, 5.74) is 5.66. The smallest absolute Gasteiger partial charge is 0.405 e. The maximum atomic E-state index is 14.2. The molecule has 106 valence electrons. The van der Waals surface area contributed by atoms with Crippen molar-refractivity contribution in [2.75, 3.05) is 0 Å². The van der Waals surface area contributed by atoms with Crippen LogP contribution in [0.5, 0.6) is 5.75 Å². The Bertz CT molecular complexity index is 610. The summed E-state index contributed by atoms with van der Waals surface area (Å²) in [7, 11) is 0. The second-order valence-electron chi connectivity index (χ2n) is 4.03. The highest BCUT2D eigenvalue weighted by molar-refractivity contribution is 5.71. The van der Waals surface area contributed by atoms with Crippen LogP contribution < -0.4 is 10.5 Å². The monoisotopic (exact) mass is 285 g/mol. The van der Waals surface area contributed by atoms with E-state index in [4.69, 9.17) is 5.73 Å². The fourth-order valence-corrected chi connectivity index (χ4v) is 1.85. The van der Waals surface area contributed by atoms with Gasteiger partial charge in [0.25, 0.3) is 0 Å². The van der Waals surface area contributed by atoms with Gasteiger partial charge in [-0.1, -0.05) is 36.4 Å². The average molecular weight is 285 g/mol. The third-order valence-corrected chi connectivity index (χ3v) is 2.70. The quantitative estimate of drug-likeness (QED) is 0.869. The molecule has 0 unspecified atom stereocenters. The summed E-state index contributed by atoms with van der Waals surface area (Å²) in [5.74, 6) is -1.10. The van der Waals surface area contributed by atoms with Gasteiger partial charge in [0.2, 0.25) is 0 Å². The number of hydrogen-bond acceptors (Lipinski definition) is 2. The van der Waals surface area contributed by atoms with Crippen LogP contribution >= 0.6 is 0 Å². The van der Waals surface area contributed by atoms with E-state index in [9.17, 15) is 17.6 Å². The summed E-state index contributed by atoms with van der Waals surface area (Å²) < 4.78 is 55.1. The normalized spacial score (nSPS) is 11.4. The van der Waals surface area contributed by atoms with Crippen molar-refractivity contribution in [3.63, 3.8) is 0 Å². The van der Waals surface area contributed by atoms with Gasteiger partial charge in [-0.25, -0.2) is 4.39 Å². The van der Waals surface area contributed by atoms with Crippen molar-refractivity contribution < 1.29 is 22.3 Å². The molecule has 0 aliphatic carbocycles. The molecular weight excluding hydrogens is 274 g/mol.